The second-order valence-electron chi connectivity index (χ2n) is 7.36. The molecule has 0 heterocycles. The van der Waals surface area contributed by atoms with Crippen molar-refractivity contribution >= 4 is 17.8 Å². The lowest BCUT2D eigenvalue weighted by atomic mass is 9.68. The minimum Gasteiger partial charge on any atom is -0.480 e. The molecule has 1 atom stereocenters. The Hall–Kier alpha value is -3.19. The van der Waals surface area contributed by atoms with Crippen LogP contribution < -0.4 is 17.2 Å². The zero-order valence-electron chi connectivity index (χ0n) is 15.6. The molecule has 2 aromatic carbocycles. The summed E-state index contributed by atoms with van der Waals surface area (Å²) in [5.41, 5.74) is 18.8. The van der Waals surface area contributed by atoms with Crippen LogP contribution in [0.4, 0.5) is 0 Å². The smallest absolute Gasteiger partial charge is 0.318 e. The summed E-state index contributed by atoms with van der Waals surface area (Å²) in [4.78, 5) is 35.9. The number of carboxylic acids is 1. The Kier molecular flexibility index (Phi) is 4.95. The van der Waals surface area contributed by atoms with Gasteiger partial charge in [-0.25, -0.2) is 0 Å². The Bertz CT molecular complexity index is 916. The predicted octanol–water partition coefficient (Wildman–Crippen LogP) is 1.09. The Balaban J connectivity index is 2.35. The van der Waals surface area contributed by atoms with Crippen molar-refractivity contribution in [2.24, 2.45) is 17.2 Å². The van der Waals surface area contributed by atoms with Gasteiger partial charge in [0, 0.05) is 17.2 Å². The Morgan fingerprint density at radius 1 is 0.964 bits per heavy atom. The highest BCUT2D eigenvalue weighted by molar-refractivity contribution is 5.95. The van der Waals surface area contributed by atoms with E-state index >= 15 is 0 Å². The first-order valence-corrected chi connectivity index (χ1v) is 9.02. The zero-order chi connectivity index (χ0) is 20.6. The molecule has 1 aliphatic rings. The summed E-state index contributed by atoms with van der Waals surface area (Å²) in [6.07, 6.45) is 1.16. The summed E-state index contributed by atoms with van der Waals surface area (Å²) in [6, 6.07) is 9.30. The summed E-state index contributed by atoms with van der Waals surface area (Å²) in [7, 11) is 0. The van der Waals surface area contributed by atoms with Crippen LogP contribution in [0.1, 0.15) is 56.3 Å². The van der Waals surface area contributed by atoms with Crippen LogP contribution in [0.3, 0.4) is 0 Å². The van der Waals surface area contributed by atoms with E-state index in [0.717, 1.165) is 11.1 Å². The van der Waals surface area contributed by atoms with Gasteiger partial charge in [-0.1, -0.05) is 12.1 Å². The summed E-state index contributed by atoms with van der Waals surface area (Å²) in [5.74, 6) is -2.18. The van der Waals surface area contributed by atoms with Gasteiger partial charge in [0.15, 0.2) is 0 Å². The molecule has 7 nitrogen and oxygen atoms in total. The van der Waals surface area contributed by atoms with Crippen LogP contribution in [0, 0.1) is 0 Å². The van der Waals surface area contributed by atoms with Gasteiger partial charge in [-0.3, -0.25) is 14.4 Å². The maximum atomic E-state index is 12.7. The summed E-state index contributed by atoms with van der Waals surface area (Å²) < 4.78 is 0. The van der Waals surface area contributed by atoms with Gasteiger partial charge in [0.05, 0.1) is 0 Å². The van der Waals surface area contributed by atoms with E-state index in [1.54, 1.807) is 43.3 Å². The first-order chi connectivity index (χ1) is 13.2. The quantitative estimate of drug-likeness (QED) is 0.611. The van der Waals surface area contributed by atoms with Crippen LogP contribution in [0.2, 0.25) is 0 Å². The van der Waals surface area contributed by atoms with Crippen molar-refractivity contribution in [2.45, 2.75) is 37.6 Å². The topological polar surface area (TPSA) is 150 Å². The summed E-state index contributed by atoms with van der Waals surface area (Å²) >= 11 is 0. The third-order valence-corrected chi connectivity index (χ3v) is 5.36. The van der Waals surface area contributed by atoms with E-state index in [4.69, 9.17) is 17.2 Å². The first-order valence-electron chi connectivity index (χ1n) is 9.02. The molecule has 0 aliphatic heterocycles. The number of carbonyl (C=O) groups excluding carboxylic acids is 2. The van der Waals surface area contributed by atoms with E-state index in [1.165, 1.54) is 0 Å². The van der Waals surface area contributed by atoms with E-state index in [2.05, 4.69) is 0 Å². The molecule has 0 unspecified atom stereocenters. The molecule has 7 heteroatoms. The van der Waals surface area contributed by atoms with Crippen LogP contribution >= 0.6 is 0 Å². The SMILES string of the molecule is C[C@@H](N)CC1(C(=O)O)c2ccc(C(N)=O)cc2CCc2cc(C(N)=O)ccc21. The molecule has 0 radical (unpaired) electrons. The molecular weight excluding hydrogens is 358 g/mol. The second kappa shape index (κ2) is 7.09. The van der Waals surface area contributed by atoms with Gasteiger partial charge in [-0.2, -0.15) is 0 Å². The van der Waals surface area contributed by atoms with E-state index < -0.39 is 29.2 Å². The average molecular weight is 381 g/mol. The fraction of sp³-hybridized carbons (Fsp3) is 0.286. The van der Waals surface area contributed by atoms with Gasteiger partial charge in [0.2, 0.25) is 11.8 Å². The van der Waals surface area contributed by atoms with Gasteiger partial charge >= 0.3 is 5.97 Å². The number of carbonyl (C=O) groups is 3. The zero-order valence-corrected chi connectivity index (χ0v) is 15.6. The molecule has 0 bridgehead atoms. The molecule has 146 valence electrons. The number of hydrogen-bond donors (Lipinski definition) is 4. The van der Waals surface area contributed by atoms with Gasteiger partial charge < -0.3 is 22.3 Å². The Morgan fingerprint density at radius 2 is 1.39 bits per heavy atom. The second-order valence-corrected chi connectivity index (χ2v) is 7.36. The third kappa shape index (κ3) is 3.14. The van der Waals surface area contributed by atoms with Crippen molar-refractivity contribution in [3.63, 3.8) is 0 Å². The van der Waals surface area contributed by atoms with Gasteiger partial charge in [0.25, 0.3) is 0 Å². The molecule has 1 aliphatic carbocycles. The number of aryl methyl sites for hydroxylation is 2. The highest BCUT2D eigenvalue weighted by atomic mass is 16.4. The van der Waals surface area contributed by atoms with E-state index in [0.29, 0.717) is 35.1 Å². The maximum absolute atomic E-state index is 12.7. The lowest BCUT2D eigenvalue weighted by molar-refractivity contribution is -0.142. The molecule has 0 saturated heterocycles. The van der Waals surface area contributed by atoms with Crippen molar-refractivity contribution < 1.29 is 19.5 Å². The third-order valence-electron chi connectivity index (χ3n) is 5.36. The number of benzene rings is 2. The molecule has 28 heavy (non-hydrogen) atoms. The fourth-order valence-electron chi connectivity index (χ4n) is 4.18. The molecule has 2 aromatic rings. The number of nitrogens with two attached hydrogens (primary N) is 3. The number of carboxylic acid groups (broad SMARTS) is 1. The number of aliphatic carboxylic acids is 1. The Morgan fingerprint density at radius 3 is 1.71 bits per heavy atom. The van der Waals surface area contributed by atoms with Gasteiger partial charge in [-0.05, 0) is 72.7 Å². The fourth-order valence-corrected chi connectivity index (χ4v) is 4.18. The summed E-state index contributed by atoms with van der Waals surface area (Å²) in [6.45, 7) is 1.75. The number of primary amides is 2. The van der Waals surface area contributed by atoms with Crippen LogP contribution in [-0.4, -0.2) is 28.9 Å². The lowest BCUT2D eigenvalue weighted by Crippen LogP contribution is -2.42. The molecular formula is C21H23N3O4. The monoisotopic (exact) mass is 381 g/mol. The highest BCUT2D eigenvalue weighted by Crippen LogP contribution is 2.43. The molecule has 0 aromatic heterocycles. The summed E-state index contributed by atoms with van der Waals surface area (Å²) in [5, 5.41) is 10.4. The molecule has 3 rings (SSSR count). The van der Waals surface area contributed by atoms with E-state index in [9.17, 15) is 19.5 Å². The number of fused-ring (bicyclic) bond motifs is 2. The minimum atomic E-state index is -1.40. The molecule has 0 saturated carbocycles. The highest BCUT2D eigenvalue weighted by Gasteiger charge is 2.46. The normalized spacial score (nSPS) is 15.6. The minimum absolute atomic E-state index is 0.161. The van der Waals surface area contributed by atoms with Gasteiger partial charge in [0.1, 0.15) is 5.41 Å². The molecule has 2 amide bonds. The standard InChI is InChI=1S/C21H23N3O4/c1-11(22)10-21(20(27)28)16-6-4-14(18(23)25)8-12(16)2-3-13-9-15(19(24)26)5-7-17(13)21/h4-9,11H,2-3,10,22H2,1H3,(H2,23,25)(H2,24,26)(H,27,28)/t11-/m1/s1. The van der Waals surface area contributed by atoms with Crippen molar-refractivity contribution in [1.29, 1.82) is 0 Å². The average Bonchev–Trinajstić information content (AvgIpc) is 2.76. The van der Waals surface area contributed by atoms with Crippen LogP contribution in [0.15, 0.2) is 36.4 Å². The lowest BCUT2D eigenvalue weighted by Gasteiger charge is -2.34. The van der Waals surface area contributed by atoms with Crippen molar-refractivity contribution in [1.82, 2.24) is 0 Å². The van der Waals surface area contributed by atoms with E-state index in [-0.39, 0.29) is 6.42 Å². The van der Waals surface area contributed by atoms with Crippen LogP contribution in [0.25, 0.3) is 0 Å². The first kappa shape index (κ1) is 19.6. The van der Waals surface area contributed by atoms with Crippen LogP contribution in [-0.2, 0) is 23.1 Å². The maximum Gasteiger partial charge on any atom is 0.318 e. The number of hydrogen-bond acceptors (Lipinski definition) is 4. The largest absolute Gasteiger partial charge is 0.480 e. The number of rotatable bonds is 5. The predicted molar refractivity (Wildman–Crippen MR) is 104 cm³/mol. The Labute approximate surface area is 162 Å². The van der Waals surface area contributed by atoms with Crippen LogP contribution in [0.5, 0.6) is 0 Å². The molecule has 0 spiro atoms. The molecule has 0 fully saturated rings. The molecule has 7 N–H and O–H groups in total. The number of amides is 2. The van der Waals surface area contributed by atoms with Gasteiger partial charge in [-0.15, -0.1) is 0 Å². The van der Waals surface area contributed by atoms with Crippen molar-refractivity contribution in [3.05, 3.63) is 69.8 Å². The van der Waals surface area contributed by atoms with Crippen molar-refractivity contribution in [3.8, 4) is 0 Å². The van der Waals surface area contributed by atoms with E-state index in [1.807, 2.05) is 0 Å². The van der Waals surface area contributed by atoms with Crippen molar-refractivity contribution in [2.75, 3.05) is 0 Å².